The van der Waals surface area contributed by atoms with Crippen molar-refractivity contribution in [3.8, 4) is 0 Å². The quantitative estimate of drug-likeness (QED) is 0.927. The second-order valence-electron chi connectivity index (χ2n) is 7.50. The van der Waals surface area contributed by atoms with Crippen molar-refractivity contribution < 1.29 is 0 Å². The Morgan fingerprint density at radius 2 is 1.77 bits per heavy atom. The molecule has 2 unspecified atom stereocenters. The van der Waals surface area contributed by atoms with E-state index in [4.69, 9.17) is 5.73 Å². The van der Waals surface area contributed by atoms with Crippen LogP contribution in [0.15, 0.2) is 24.3 Å². The summed E-state index contributed by atoms with van der Waals surface area (Å²) < 4.78 is 0. The first-order chi connectivity index (χ1) is 10.8. The molecule has 0 radical (unpaired) electrons. The van der Waals surface area contributed by atoms with Gasteiger partial charge in [0.25, 0.3) is 0 Å². The summed E-state index contributed by atoms with van der Waals surface area (Å²) in [5, 5.41) is 0. The van der Waals surface area contributed by atoms with Gasteiger partial charge in [-0.05, 0) is 69.4 Å². The fourth-order valence-electron chi connectivity index (χ4n) is 4.33. The maximum atomic E-state index is 5.99. The molecule has 1 aromatic carbocycles. The van der Waals surface area contributed by atoms with Gasteiger partial charge in [0, 0.05) is 24.5 Å². The lowest BCUT2D eigenvalue weighted by Gasteiger charge is -2.36. The Morgan fingerprint density at radius 3 is 2.45 bits per heavy atom. The molecule has 22 heavy (non-hydrogen) atoms. The molecule has 2 atom stereocenters. The van der Waals surface area contributed by atoms with Gasteiger partial charge in [-0.15, -0.1) is 0 Å². The summed E-state index contributed by atoms with van der Waals surface area (Å²) in [6.45, 7) is 6.31. The van der Waals surface area contributed by atoms with Crippen molar-refractivity contribution in [1.82, 2.24) is 9.80 Å². The number of benzene rings is 1. The average molecular weight is 299 g/mol. The van der Waals surface area contributed by atoms with Crippen molar-refractivity contribution in [3.05, 3.63) is 35.4 Å². The van der Waals surface area contributed by atoms with Crippen molar-refractivity contribution in [2.24, 2.45) is 5.73 Å². The van der Waals surface area contributed by atoms with Crippen LogP contribution in [0, 0.1) is 0 Å². The van der Waals surface area contributed by atoms with Gasteiger partial charge >= 0.3 is 0 Å². The van der Waals surface area contributed by atoms with Crippen molar-refractivity contribution in [2.75, 3.05) is 26.2 Å². The third kappa shape index (κ3) is 3.22. The van der Waals surface area contributed by atoms with Crippen LogP contribution in [-0.4, -0.2) is 48.1 Å². The van der Waals surface area contributed by atoms with Gasteiger partial charge in [0.05, 0.1) is 0 Å². The SMILES string of the molecule is NC1CC1c1cccc(CN2CCC(N3CCCC3)CC2)c1. The van der Waals surface area contributed by atoms with E-state index in [1.54, 1.807) is 0 Å². The van der Waals surface area contributed by atoms with Crippen LogP contribution < -0.4 is 5.73 Å². The predicted octanol–water partition coefficient (Wildman–Crippen LogP) is 2.56. The lowest BCUT2D eigenvalue weighted by Crippen LogP contribution is -2.43. The molecule has 120 valence electrons. The van der Waals surface area contributed by atoms with Gasteiger partial charge < -0.3 is 10.6 Å². The van der Waals surface area contributed by atoms with Gasteiger partial charge in [-0.3, -0.25) is 4.90 Å². The Bertz CT molecular complexity index is 501. The minimum absolute atomic E-state index is 0.409. The summed E-state index contributed by atoms with van der Waals surface area (Å²) in [7, 11) is 0. The molecule has 0 bridgehead atoms. The molecule has 3 fully saturated rings. The van der Waals surface area contributed by atoms with E-state index < -0.39 is 0 Å². The summed E-state index contributed by atoms with van der Waals surface area (Å²) in [6, 6.07) is 10.4. The molecule has 1 aliphatic carbocycles. The summed E-state index contributed by atoms with van der Waals surface area (Å²) in [5.74, 6) is 0.626. The molecule has 4 rings (SSSR count). The highest BCUT2D eigenvalue weighted by Crippen LogP contribution is 2.39. The zero-order valence-electron chi connectivity index (χ0n) is 13.6. The molecule has 1 aromatic rings. The van der Waals surface area contributed by atoms with Crippen LogP contribution in [0.5, 0.6) is 0 Å². The highest BCUT2D eigenvalue weighted by molar-refractivity contribution is 5.31. The Morgan fingerprint density at radius 1 is 1.05 bits per heavy atom. The molecule has 0 aromatic heterocycles. The second-order valence-corrected chi connectivity index (χ2v) is 7.50. The first-order valence-corrected chi connectivity index (χ1v) is 9.10. The van der Waals surface area contributed by atoms with E-state index in [0.29, 0.717) is 12.0 Å². The van der Waals surface area contributed by atoms with Gasteiger partial charge in [-0.25, -0.2) is 0 Å². The van der Waals surface area contributed by atoms with Gasteiger partial charge in [-0.2, -0.15) is 0 Å². The summed E-state index contributed by atoms with van der Waals surface area (Å²) in [5.41, 5.74) is 8.92. The molecular weight excluding hydrogens is 270 g/mol. The van der Waals surface area contributed by atoms with E-state index in [1.807, 2.05) is 0 Å². The largest absolute Gasteiger partial charge is 0.327 e. The molecule has 3 nitrogen and oxygen atoms in total. The fraction of sp³-hybridized carbons (Fsp3) is 0.684. The molecular formula is C19H29N3. The van der Waals surface area contributed by atoms with Crippen LogP contribution in [0.1, 0.15) is 49.1 Å². The van der Waals surface area contributed by atoms with Crippen LogP contribution >= 0.6 is 0 Å². The van der Waals surface area contributed by atoms with Crippen LogP contribution in [0.4, 0.5) is 0 Å². The molecule has 0 amide bonds. The third-order valence-corrected chi connectivity index (χ3v) is 5.84. The number of nitrogens with two attached hydrogens (primary N) is 1. The first kappa shape index (κ1) is 14.7. The van der Waals surface area contributed by atoms with E-state index in [1.165, 1.54) is 69.4 Å². The van der Waals surface area contributed by atoms with E-state index in [2.05, 4.69) is 34.1 Å². The average Bonchev–Trinajstić information content (AvgIpc) is 3.04. The molecule has 2 N–H and O–H groups in total. The standard InChI is InChI=1S/C19H29N3/c20-19-13-18(19)16-5-3-4-15(12-16)14-21-10-6-17(7-11-21)22-8-1-2-9-22/h3-5,12,17-19H,1-2,6-11,13-14,20H2. The topological polar surface area (TPSA) is 32.5 Å². The molecule has 0 spiro atoms. The van der Waals surface area contributed by atoms with Crippen LogP contribution in [0.2, 0.25) is 0 Å². The van der Waals surface area contributed by atoms with Crippen LogP contribution in [0.25, 0.3) is 0 Å². The van der Waals surface area contributed by atoms with Gasteiger partial charge in [0.15, 0.2) is 0 Å². The van der Waals surface area contributed by atoms with Crippen LogP contribution in [-0.2, 0) is 6.54 Å². The number of rotatable bonds is 4. The number of hydrogen-bond acceptors (Lipinski definition) is 3. The second kappa shape index (κ2) is 6.31. The maximum Gasteiger partial charge on any atom is 0.0233 e. The Hall–Kier alpha value is -0.900. The van der Waals surface area contributed by atoms with Crippen LogP contribution in [0.3, 0.4) is 0 Å². The van der Waals surface area contributed by atoms with Gasteiger partial charge in [0.1, 0.15) is 0 Å². The number of piperidine rings is 1. The predicted molar refractivity (Wildman–Crippen MR) is 90.9 cm³/mol. The lowest BCUT2D eigenvalue weighted by molar-refractivity contribution is 0.122. The molecule has 2 heterocycles. The highest BCUT2D eigenvalue weighted by Gasteiger charge is 2.34. The minimum atomic E-state index is 0.409. The fourth-order valence-corrected chi connectivity index (χ4v) is 4.33. The molecule has 3 aliphatic rings. The Kier molecular flexibility index (Phi) is 4.21. The Labute approximate surface area is 134 Å². The maximum absolute atomic E-state index is 5.99. The molecule has 2 saturated heterocycles. The number of nitrogens with zero attached hydrogens (tertiary/aromatic N) is 2. The Balaban J connectivity index is 1.31. The van der Waals surface area contributed by atoms with Crippen molar-refractivity contribution in [2.45, 2.75) is 56.7 Å². The summed E-state index contributed by atoms with van der Waals surface area (Å²) >= 11 is 0. The van der Waals surface area contributed by atoms with Crippen molar-refractivity contribution in [3.63, 3.8) is 0 Å². The van der Waals surface area contributed by atoms with E-state index in [-0.39, 0.29) is 0 Å². The lowest BCUT2D eigenvalue weighted by atomic mass is 10.0. The minimum Gasteiger partial charge on any atom is -0.327 e. The third-order valence-electron chi connectivity index (χ3n) is 5.84. The van der Waals surface area contributed by atoms with E-state index >= 15 is 0 Å². The smallest absolute Gasteiger partial charge is 0.0233 e. The molecule has 3 heteroatoms. The normalized spacial score (nSPS) is 30.8. The summed E-state index contributed by atoms with van der Waals surface area (Å²) in [6.07, 6.45) is 6.71. The van der Waals surface area contributed by atoms with E-state index in [0.717, 1.165) is 12.6 Å². The first-order valence-electron chi connectivity index (χ1n) is 9.10. The molecule has 2 aliphatic heterocycles. The van der Waals surface area contributed by atoms with Crippen molar-refractivity contribution in [1.29, 1.82) is 0 Å². The summed E-state index contributed by atoms with van der Waals surface area (Å²) in [4.78, 5) is 5.37. The van der Waals surface area contributed by atoms with Crippen molar-refractivity contribution >= 4 is 0 Å². The monoisotopic (exact) mass is 299 g/mol. The van der Waals surface area contributed by atoms with Gasteiger partial charge in [-0.1, -0.05) is 24.3 Å². The van der Waals surface area contributed by atoms with E-state index in [9.17, 15) is 0 Å². The molecule has 1 saturated carbocycles. The zero-order valence-corrected chi connectivity index (χ0v) is 13.6. The highest BCUT2D eigenvalue weighted by atomic mass is 15.2. The van der Waals surface area contributed by atoms with Gasteiger partial charge in [0.2, 0.25) is 0 Å². The number of likely N-dealkylation sites (tertiary alicyclic amines) is 2. The zero-order chi connectivity index (χ0) is 14.9. The number of hydrogen-bond donors (Lipinski definition) is 1.